The van der Waals surface area contributed by atoms with E-state index in [-0.39, 0.29) is 31.3 Å². The minimum atomic E-state index is -1.55. The Morgan fingerprint density at radius 3 is 2.56 bits per heavy atom. The van der Waals surface area contributed by atoms with E-state index in [1.807, 2.05) is 0 Å². The van der Waals surface area contributed by atoms with Gasteiger partial charge in [0.2, 0.25) is 0 Å². The van der Waals surface area contributed by atoms with Crippen LogP contribution in [0.1, 0.15) is 19.8 Å². The van der Waals surface area contributed by atoms with Crippen LogP contribution in [0, 0.1) is 11.3 Å². The monoisotopic (exact) mass is 360 g/mol. The zero-order valence-electron chi connectivity index (χ0n) is 13.9. The number of hydrogen-bond donors (Lipinski definition) is 5. The Bertz CT molecular complexity index is 582. The van der Waals surface area contributed by atoms with Gasteiger partial charge in [-0.05, 0) is 13.3 Å². The molecular weight excluding hydrogens is 336 g/mol. The van der Waals surface area contributed by atoms with E-state index in [9.17, 15) is 30.3 Å². The number of fused-ring (bicyclic) bond motifs is 1. The highest BCUT2D eigenvalue weighted by molar-refractivity contribution is 5.88. The summed E-state index contributed by atoms with van der Waals surface area (Å²) in [5, 5.41) is 49.4. The third kappa shape index (κ3) is 1.93. The van der Waals surface area contributed by atoms with Crippen molar-refractivity contribution in [1.82, 2.24) is 0 Å². The zero-order chi connectivity index (χ0) is 18.2. The largest absolute Gasteiger partial charge is 0.396 e. The van der Waals surface area contributed by atoms with Crippen molar-refractivity contribution in [3.8, 4) is 0 Å². The topological polar surface area (TPSA) is 146 Å². The number of carbonyl (C=O) groups is 1. The van der Waals surface area contributed by atoms with Gasteiger partial charge in [-0.15, -0.1) is 0 Å². The third-order valence-electron chi connectivity index (χ3n) is 6.81. The van der Waals surface area contributed by atoms with E-state index >= 15 is 0 Å². The highest BCUT2D eigenvalue weighted by Gasteiger charge is 2.83. The first-order valence-electron chi connectivity index (χ1n) is 8.51. The molecular formula is C16H24O9. The molecule has 3 saturated carbocycles. The van der Waals surface area contributed by atoms with Crippen molar-refractivity contribution >= 4 is 5.78 Å². The average Bonchev–Trinajstić information content (AvgIpc) is 2.67. The lowest BCUT2D eigenvalue weighted by Gasteiger charge is -2.66. The van der Waals surface area contributed by atoms with Crippen molar-refractivity contribution < 1.29 is 44.5 Å². The molecule has 5 fully saturated rings. The number of carbonyl (C=O) groups excluding carboxylic acids is 1. The van der Waals surface area contributed by atoms with E-state index in [0.29, 0.717) is 6.42 Å². The first kappa shape index (κ1) is 17.7. The molecule has 0 unspecified atom stereocenters. The van der Waals surface area contributed by atoms with E-state index < -0.39 is 53.9 Å². The molecule has 5 N–H and O–H groups in total. The highest BCUT2D eigenvalue weighted by Crippen LogP contribution is 2.71. The van der Waals surface area contributed by atoms with E-state index in [1.54, 1.807) is 6.92 Å². The van der Waals surface area contributed by atoms with Gasteiger partial charge in [0, 0.05) is 12.3 Å². The fraction of sp³-hybridized carbons (Fsp3) is 0.938. The Morgan fingerprint density at radius 2 is 1.92 bits per heavy atom. The molecule has 142 valence electrons. The third-order valence-corrected chi connectivity index (χ3v) is 6.81. The minimum absolute atomic E-state index is 0.0216. The summed E-state index contributed by atoms with van der Waals surface area (Å²) >= 11 is 0. The lowest BCUT2D eigenvalue weighted by molar-refractivity contribution is -0.379. The fourth-order valence-electron chi connectivity index (χ4n) is 5.21. The summed E-state index contributed by atoms with van der Waals surface area (Å²) < 4.78 is 17.4. The predicted molar refractivity (Wildman–Crippen MR) is 79.2 cm³/mol. The van der Waals surface area contributed by atoms with Crippen molar-refractivity contribution in [1.29, 1.82) is 0 Å². The molecule has 3 aliphatic carbocycles. The molecule has 0 aromatic heterocycles. The van der Waals surface area contributed by atoms with Crippen LogP contribution in [0.4, 0.5) is 0 Å². The number of rotatable bonds is 4. The molecule has 9 atom stereocenters. The molecule has 9 heteroatoms. The van der Waals surface area contributed by atoms with Crippen LogP contribution in [0.5, 0.6) is 0 Å². The first-order chi connectivity index (χ1) is 11.7. The Labute approximate surface area is 144 Å². The number of hydrogen-bond acceptors (Lipinski definition) is 9. The van der Waals surface area contributed by atoms with E-state index in [0.717, 1.165) is 0 Å². The van der Waals surface area contributed by atoms with Gasteiger partial charge in [0.15, 0.2) is 6.29 Å². The SMILES string of the molecule is C[C@]12CC(=O)[C@@H]3C[C@@]1(O[C@@H]1O[C@H](CO)[C@@H](O)[C@H](O)[C@H]1O)[C@@]3(CO)CO2. The second-order valence-electron chi connectivity index (χ2n) is 7.88. The first-order valence-corrected chi connectivity index (χ1v) is 8.51. The molecule has 0 radical (unpaired) electrons. The maximum atomic E-state index is 12.3. The minimum Gasteiger partial charge on any atom is -0.396 e. The number of aliphatic hydroxyl groups is 5. The fourth-order valence-corrected chi connectivity index (χ4v) is 5.21. The number of Topliss-reactive ketones (excluding diaryl/α,β-unsaturated/α-hetero) is 1. The molecule has 0 amide bonds. The summed E-state index contributed by atoms with van der Waals surface area (Å²) in [6.07, 6.45) is -6.51. The van der Waals surface area contributed by atoms with Crippen LogP contribution in [-0.4, -0.2) is 93.0 Å². The smallest absolute Gasteiger partial charge is 0.187 e. The highest BCUT2D eigenvalue weighted by atomic mass is 16.7. The molecule has 2 saturated heterocycles. The molecule has 5 rings (SSSR count). The van der Waals surface area contributed by atoms with Gasteiger partial charge in [-0.1, -0.05) is 0 Å². The number of aliphatic hydroxyl groups excluding tert-OH is 5. The molecule has 25 heavy (non-hydrogen) atoms. The van der Waals surface area contributed by atoms with Crippen molar-refractivity contribution in [2.45, 2.75) is 61.7 Å². The molecule has 2 aliphatic heterocycles. The Balaban J connectivity index is 1.65. The Morgan fingerprint density at radius 1 is 1.20 bits per heavy atom. The van der Waals surface area contributed by atoms with Gasteiger partial charge >= 0.3 is 0 Å². The van der Waals surface area contributed by atoms with E-state index in [1.165, 1.54) is 0 Å². The normalized spacial score (nSPS) is 57.4. The van der Waals surface area contributed by atoms with Crippen LogP contribution in [-0.2, 0) is 19.0 Å². The molecule has 9 nitrogen and oxygen atoms in total. The molecule has 4 bridgehead atoms. The number of ketones is 1. The van der Waals surface area contributed by atoms with Crippen molar-refractivity contribution in [3.63, 3.8) is 0 Å². The van der Waals surface area contributed by atoms with Crippen LogP contribution >= 0.6 is 0 Å². The van der Waals surface area contributed by atoms with Gasteiger partial charge in [-0.3, -0.25) is 4.79 Å². The van der Waals surface area contributed by atoms with Gasteiger partial charge in [0.05, 0.1) is 25.2 Å². The standard InChI is InChI=1S/C16H24O9/c1-14-3-8(19)7-2-16(14,15(7,5-18)6-23-14)25-13-12(22)11(21)10(20)9(4-17)24-13/h7,9-13,17-18,20-22H,2-6H2,1H3/t7-,9+,10+,11-,12+,13-,14-,15-,16-/m0/s1. The lowest BCUT2D eigenvalue weighted by Crippen LogP contribution is -2.79. The van der Waals surface area contributed by atoms with Crippen LogP contribution in [0.3, 0.4) is 0 Å². The predicted octanol–water partition coefficient (Wildman–Crippen LogP) is -2.70. The quantitative estimate of drug-likeness (QED) is 0.361. The average molecular weight is 360 g/mol. The summed E-state index contributed by atoms with van der Waals surface area (Å²) in [4.78, 5) is 12.3. The van der Waals surface area contributed by atoms with Gasteiger partial charge < -0.3 is 39.7 Å². The molecule has 5 aliphatic rings. The second kappa shape index (κ2) is 5.43. The molecule has 0 aromatic rings. The summed E-state index contributed by atoms with van der Waals surface area (Å²) in [5.41, 5.74) is -2.92. The van der Waals surface area contributed by atoms with Gasteiger partial charge in [-0.25, -0.2) is 0 Å². The molecule has 2 heterocycles. The van der Waals surface area contributed by atoms with Crippen molar-refractivity contribution in [2.24, 2.45) is 11.3 Å². The lowest BCUT2D eigenvalue weighted by atomic mass is 9.41. The Hall–Kier alpha value is -0.650. The van der Waals surface area contributed by atoms with Crippen LogP contribution in [0.2, 0.25) is 0 Å². The summed E-state index contributed by atoms with van der Waals surface area (Å²) in [5.74, 6) is -0.355. The van der Waals surface area contributed by atoms with Gasteiger partial charge in [0.1, 0.15) is 41.4 Å². The second-order valence-corrected chi connectivity index (χ2v) is 7.88. The van der Waals surface area contributed by atoms with E-state index in [2.05, 4.69) is 0 Å². The molecule has 0 spiro atoms. The van der Waals surface area contributed by atoms with Gasteiger partial charge in [0.25, 0.3) is 0 Å². The Kier molecular flexibility index (Phi) is 3.85. The summed E-state index contributed by atoms with van der Waals surface area (Å²) in [6, 6.07) is 0. The maximum absolute atomic E-state index is 12.3. The van der Waals surface area contributed by atoms with Crippen molar-refractivity contribution in [2.75, 3.05) is 19.8 Å². The number of ether oxygens (including phenoxy) is 3. The molecule has 0 aromatic carbocycles. The van der Waals surface area contributed by atoms with Gasteiger partial charge in [-0.2, -0.15) is 0 Å². The van der Waals surface area contributed by atoms with Crippen molar-refractivity contribution in [3.05, 3.63) is 0 Å². The zero-order valence-corrected chi connectivity index (χ0v) is 13.9. The summed E-state index contributed by atoms with van der Waals surface area (Å²) in [6.45, 7) is 1.03. The van der Waals surface area contributed by atoms with Crippen LogP contribution in [0.15, 0.2) is 0 Å². The summed E-state index contributed by atoms with van der Waals surface area (Å²) in [7, 11) is 0. The van der Waals surface area contributed by atoms with Crippen LogP contribution < -0.4 is 0 Å². The van der Waals surface area contributed by atoms with E-state index in [4.69, 9.17) is 14.2 Å². The van der Waals surface area contributed by atoms with Crippen LogP contribution in [0.25, 0.3) is 0 Å². The maximum Gasteiger partial charge on any atom is 0.187 e.